The number of anilines is 1. The molecule has 34 heavy (non-hydrogen) atoms. The van der Waals surface area contributed by atoms with Crippen LogP contribution in [0.2, 0.25) is 0 Å². The molecule has 9 nitrogen and oxygen atoms in total. The van der Waals surface area contributed by atoms with Gasteiger partial charge in [-0.3, -0.25) is 9.72 Å². The van der Waals surface area contributed by atoms with Crippen LogP contribution in [0.5, 0.6) is 5.75 Å². The van der Waals surface area contributed by atoms with Gasteiger partial charge in [-0.1, -0.05) is 12.1 Å². The fourth-order valence-corrected chi connectivity index (χ4v) is 3.63. The van der Waals surface area contributed by atoms with Crippen molar-refractivity contribution in [2.45, 2.75) is 0 Å². The van der Waals surface area contributed by atoms with E-state index in [0.717, 1.165) is 22.5 Å². The smallest absolute Gasteiger partial charge is 0.411 e. The maximum atomic E-state index is 13.9. The Morgan fingerprint density at radius 2 is 1.79 bits per heavy atom. The predicted octanol–water partition coefficient (Wildman–Crippen LogP) is 4.58. The molecule has 0 saturated heterocycles. The molecule has 0 bridgehead atoms. The third-order valence-electron chi connectivity index (χ3n) is 5.30. The number of hydrogen-bond acceptors (Lipinski definition) is 6. The molecule has 5 rings (SSSR count). The van der Waals surface area contributed by atoms with Crippen LogP contribution in [0.15, 0.2) is 73.3 Å². The Kier molecular flexibility index (Phi) is 5.38. The average Bonchev–Trinajstić information content (AvgIpc) is 3.52. The molecule has 0 fully saturated rings. The minimum absolute atomic E-state index is 0.122. The van der Waals surface area contributed by atoms with E-state index in [1.807, 2.05) is 34.9 Å². The highest BCUT2D eigenvalue weighted by molar-refractivity contribution is 5.85. The van der Waals surface area contributed by atoms with Crippen molar-refractivity contribution in [1.29, 1.82) is 0 Å². The number of benzene rings is 2. The van der Waals surface area contributed by atoms with Crippen molar-refractivity contribution in [2.75, 3.05) is 19.5 Å². The number of nitrogens with zero attached hydrogens (tertiary/aromatic N) is 5. The molecule has 3 heterocycles. The lowest BCUT2D eigenvalue weighted by Gasteiger charge is -2.10. The summed E-state index contributed by atoms with van der Waals surface area (Å²) in [5.41, 5.74) is 4.54. The second-order valence-electron chi connectivity index (χ2n) is 7.30. The number of halogens is 1. The van der Waals surface area contributed by atoms with E-state index in [0.29, 0.717) is 17.2 Å². The number of imidazole rings is 1. The van der Waals surface area contributed by atoms with Crippen molar-refractivity contribution in [2.24, 2.45) is 0 Å². The molecular weight excluding hydrogens is 439 g/mol. The number of carbonyl (C=O) groups excluding carboxylic acids is 1. The molecule has 0 aliphatic rings. The van der Waals surface area contributed by atoms with E-state index < -0.39 is 11.9 Å². The van der Waals surface area contributed by atoms with Crippen molar-refractivity contribution < 1.29 is 18.7 Å². The number of aromatic nitrogens is 5. The number of methoxy groups -OCH3 is 2. The summed E-state index contributed by atoms with van der Waals surface area (Å²) in [4.78, 5) is 20.3. The molecular formula is C24H19FN6O3. The second-order valence-corrected chi connectivity index (χ2v) is 7.30. The van der Waals surface area contributed by atoms with Crippen LogP contribution in [0.3, 0.4) is 0 Å². The van der Waals surface area contributed by atoms with Crippen molar-refractivity contribution >= 4 is 17.4 Å². The van der Waals surface area contributed by atoms with Crippen LogP contribution in [0.25, 0.3) is 34.0 Å². The van der Waals surface area contributed by atoms with E-state index in [1.165, 1.54) is 26.6 Å². The predicted molar refractivity (Wildman–Crippen MR) is 124 cm³/mol. The molecule has 2 aromatic carbocycles. The van der Waals surface area contributed by atoms with Gasteiger partial charge in [-0.2, -0.15) is 5.10 Å². The van der Waals surface area contributed by atoms with Crippen molar-refractivity contribution in [3.8, 4) is 34.1 Å². The zero-order chi connectivity index (χ0) is 23.7. The molecule has 0 spiro atoms. The van der Waals surface area contributed by atoms with E-state index >= 15 is 0 Å². The largest absolute Gasteiger partial charge is 0.494 e. The molecule has 0 aliphatic carbocycles. The zero-order valence-corrected chi connectivity index (χ0v) is 18.3. The van der Waals surface area contributed by atoms with Crippen LogP contribution < -0.4 is 10.1 Å². The van der Waals surface area contributed by atoms with Gasteiger partial charge in [0.05, 0.1) is 31.8 Å². The fraction of sp³-hybridized carbons (Fsp3) is 0.0833. The van der Waals surface area contributed by atoms with Gasteiger partial charge in [0, 0.05) is 29.1 Å². The van der Waals surface area contributed by atoms with Crippen LogP contribution in [-0.4, -0.2) is 44.5 Å². The molecule has 0 unspecified atom stereocenters. The normalized spacial score (nSPS) is 10.9. The quantitative estimate of drug-likeness (QED) is 0.414. The number of amides is 1. The molecule has 10 heteroatoms. The van der Waals surface area contributed by atoms with Gasteiger partial charge in [0.1, 0.15) is 12.0 Å². The SMILES string of the molecule is COC(=O)Nc1ccc(-c2cnc3ccc(-c4ncnn4-c4ccc(F)c(OC)c4)cn23)cc1. The average molecular weight is 458 g/mol. The topological polar surface area (TPSA) is 95.6 Å². The van der Waals surface area contributed by atoms with E-state index in [9.17, 15) is 9.18 Å². The van der Waals surface area contributed by atoms with Gasteiger partial charge in [0.25, 0.3) is 0 Å². The Labute approximate surface area is 193 Å². The van der Waals surface area contributed by atoms with Gasteiger partial charge in [-0.05, 0) is 36.4 Å². The lowest BCUT2D eigenvalue weighted by Crippen LogP contribution is -2.10. The molecule has 0 aliphatic heterocycles. The van der Waals surface area contributed by atoms with Crippen molar-refractivity contribution in [3.63, 3.8) is 0 Å². The molecule has 0 atom stereocenters. The van der Waals surface area contributed by atoms with E-state index in [1.54, 1.807) is 35.1 Å². The number of carbonyl (C=O) groups is 1. The number of ether oxygens (including phenoxy) is 2. The molecule has 5 aromatic rings. The first-order valence-electron chi connectivity index (χ1n) is 10.2. The first-order valence-corrected chi connectivity index (χ1v) is 10.2. The number of fused-ring (bicyclic) bond motifs is 1. The van der Waals surface area contributed by atoms with Crippen LogP contribution in [0, 0.1) is 5.82 Å². The van der Waals surface area contributed by atoms with E-state index in [2.05, 4.69) is 25.1 Å². The minimum Gasteiger partial charge on any atom is -0.494 e. The maximum absolute atomic E-state index is 13.9. The first kappa shape index (κ1) is 21.1. The highest BCUT2D eigenvalue weighted by Gasteiger charge is 2.14. The highest BCUT2D eigenvalue weighted by atomic mass is 19.1. The Morgan fingerprint density at radius 1 is 1.00 bits per heavy atom. The summed E-state index contributed by atoms with van der Waals surface area (Å²) >= 11 is 0. The van der Waals surface area contributed by atoms with Gasteiger partial charge in [-0.15, -0.1) is 0 Å². The molecule has 3 aromatic heterocycles. The van der Waals surface area contributed by atoms with Gasteiger partial charge >= 0.3 is 6.09 Å². The molecule has 0 saturated carbocycles. The maximum Gasteiger partial charge on any atom is 0.411 e. The number of nitrogens with one attached hydrogen (secondary N) is 1. The Bertz CT molecular complexity index is 1490. The van der Waals surface area contributed by atoms with Gasteiger partial charge in [-0.25, -0.2) is 23.8 Å². The fourth-order valence-electron chi connectivity index (χ4n) is 3.63. The number of pyridine rings is 1. The van der Waals surface area contributed by atoms with Crippen molar-refractivity contribution in [3.05, 3.63) is 79.1 Å². The number of rotatable bonds is 5. The summed E-state index contributed by atoms with van der Waals surface area (Å²) in [6.45, 7) is 0. The van der Waals surface area contributed by atoms with Crippen molar-refractivity contribution in [1.82, 2.24) is 24.1 Å². The zero-order valence-electron chi connectivity index (χ0n) is 18.3. The van der Waals surface area contributed by atoms with Crippen LogP contribution >= 0.6 is 0 Å². The summed E-state index contributed by atoms with van der Waals surface area (Å²) in [6, 6.07) is 15.6. The second kappa shape index (κ2) is 8.66. The third kappa shape index (κ3) is 3.81. The lowest BCUT2D eigenvalue weighted by molar-refractivity contribution is 0.187. The molecule has 0 radical (unpaired) electrons. The summed E-state index contributed by atoms with van der Waals surface area (Å²) in [7, 11) is 2.73. The Morgan fingerprint density at radius 3 is 2.56 bits per heavy atom. The van der Waals surface area contributed by atoms with Crippen LogP contribution in [-0.2, 0) is 4.74 Å². The highest BCUT2D eigenvalue weighted by Crippen LogP contribution is 2.28. The molecule has 170 valence electrons. The first-order chi connectivity index (χ1) is 16.6. The van der Waals surface area contributed by atoms with E-state index in [-0.39, 0.29) is 5.75 Å². The molecule has 1 amide bonds. The Balaban J connectivity index is 1.53. The van der Waals surface area contributed by atoms with E-state index in [4.69, 9.17) is 4.74 Å². The van der Waals surface area contributed by atoms with Gasteiger partial charge < -0.3 is 9.47 Å². The third-order valence-corrected chi connectivity index (χ3v) is 5.30. The van der Waals surface area contributed by atoms with Gasteiger partial charge in [0.15, 0.2) is 17.4 Å². The summed E-state index contributed by atoms with van der Waals surface area (Å²) in [6.07, 6.45) is 4.60. The standard InChI is InChI=1S/C24H19FN6O3/c1-33-21-11-18(8-9-19(21)25)31-23(27-14-28-31)16-5-10-22-26-12-20(30(22)13-16)15-3-6-17(7-4-15)29-24(32)34-2/h3-14H,1-2H3,(H,29,32). The lowest BCUT2D eigenvalue weighted by atomic mass is 10.1. The van der Waals surface area contributed by atoms with Crippen LogP contribution in [0.1, 0.15) is 0 Å². The Hall–Kier alpha value is -4.73. The van der Waals surface area contributed by atoms with Gasteiger partial charge in [0.2, 0.25) is 0 Å². The molecule has 1 N–H and O–H groups in total. The minimum atomic E-state index is -0.532. The van der Waals surface area contributed by atoms with Crippen LogP contribution in [0.4, 0.5) is 14.9 Å². The number of hydrogen-bond donors (Lipinski definition) is 1. The summed E-state index contributed by atoms with van der Waals surface area (Å²) < 4.78 is 27.2. The summed E-state index contributed by atoms with van der Waals surface area (Å²) in [5, 5.41) is 6.94. The summed E-state index contributed by atoms with van der Waals surface area (Å²) in [5.74, 6) is 0.245. The monoisotopic (exact) mass is 458 g/mol.